The van der Waals surface area contributed by atoms with Crippen LogP contribution in [0.2, 0.25) is 0 Å². The predicted octanol–water partition coefficient (Wildman–Crippen LogP) is 5.78. The number of nitrogens with zero attached hydrogens (tertiary/aromatic N) is 2. The van der Waals surface area contributed by atoms with Crippen molar-refractivity contribution in [2.45, 2.75) is 31.4 Å². The van der Waals surface area contributed by atoms with Gasteiger partial charge in [0.05, 0.1) is 6.61 Å². The lowest BCUT2D eigenvalue weighted by Crippen LogP contribution is -2.05. The van der Waals surface area contributed by atoms with Gasteiger partial charge < -0.3 is 13.9 Å². The zero-order valence-electron chi connectivity index (χ0n) is 16.9. The summed E-state index contributed by atoms with van der Waals surface area (Å²) >= 11 is 2.45. The van der Waals surface area contributed by atoms with E-state index in [-0.39, 0.29) is 24.8 Å². The second kappa shape index (κ2) is 9.49. The molecular formula is C22H19FN2O4S2. The van der Waals surface area contributed by atoms with Crippen LogP contribution in [-0.4, -0.2) is 22.8 Å². The van der Waals surface area contributed by atoms with Gasteiger partial charge in [0.25, 0.3) is 11.1 Å². The Hall–Kier alpha value is -2.91. The van der Waals surface area contributed by atoms with E-state index in [1.54, 1.807) is 19.1 Å². The molecule has 0 atom stereocenters. The van der Waals surface area contributed by atoms with Crippen LogP contribution in [0.3, 0.4) is 0 Å². The van der Waals surface area contributed by atoms with Crippen molar-refractivity contribution < 1.29 is 23.1 Å². The van der Waals surface area contributed by atoms with Crippen LogP contribution in [0.1, 0.15) is 33.6 Å². The zero-order valence-corrected chi connectivity index (χ0v) is 18.5. The average molecular weight is 459 g/mol. The van der Waals surface area contributed by atoms with Crippen molar-refractivity contribution in [3.63, 3.8) is 0 Å². The molecular weight excluding hydrogens is 439 g/mol. The summed E-state index contributed by atoms with van der Waals surface area (Å²) in [4.78, 5) is 12.8. The molecule has 2 heterocycles. The fourth-order valence-corrected chi connectivity index (χ4v) is 5.04. The van der Waals surface area contributed by atoms with Gasteiger partial charge in [-0.3, -0.25) is 0 Å². The number of ether oxygens (including phenoxy) is 2. The highest BCUT2D eigenvalue weighted by Crippen LogP contribution is 2.37. The van der Waals surface area contributed by atoms with Crippen LogP contribution in [0.4, 0.5) is 4.39 Å². The number of carbonyl (C=O) groups is 1. The van der Waals surface area contributed by atoms with Gasteiger partial charge in [-0.25, -0.2) is 9.18 Å². The molecule has 6 nitrogen and oxygen atoms in total. The summed E-state index contributed by atoms with van der Waals surface area (Å²) < 4.78 is 31.7. The maximum atomic E-state index is 14.5. The molecule has 0 unspecified atom stereocenters. The second-order valence-electron chi connectivity index (χ2n) is 6.60. The molecule has 4 aromatic rings. The third-order valence-electron chi connectivity index (χ3n) is 4.36. The first kappa shape index (κ1) is 21.3. The van der Waals surface area contributed by atoms with Gasteiger partial charge in [0.2, 0.25) is 0 Å². The molecule has 0 N–H and O–H groups in total. The number of benzene rings is 2. The van der Waals surface area contributed by atoms with Gasteiger partial charge in [-0.2, -0.15) is 0 Å². The molecule has 31 heavy (non-hydrogen) atoms. The minimum Gasteiger partial charge on any atom is -0.484 e. The first-order valence-electron chi connectivity index (χ1n) is 9.56. The van der Waals surface area contributed by atoms with Gasteiger partial charge in [-0.05, 0) is 49.2 Å². The zero-order chi connectivity index (χ0) is 21.8. The molecule has 9 heteroatoms. The van der Waals surface area contributed by atoms with Gasteiger partial charge >= 0.3 is 5.97 Å². The minimum absolute atomic E-state index is 0.140. The molecule has 0 radical (unpaired) electrons. The Morgan fingerprint density at radius 1 is 1.23 bits per heavy atom. The standard InChI is InChI=1S/C22H19FN2O4S2/c1-3-27-21(26)20-15(19-16(23)8-5-9-17(19)31-20)12-30-22-25-24-18(29-22)11-28-14-7-4-6-13(2)10-14/h4-10H,3,11-12H2,1-2H3. The number of esters is 1. The summed E-state index contributed by atoms with van der Waals surface area (Å²) in [5.41, 5.74) is 1.66. The Labute approximate surface area is 186 Å². The quantitative estimate of drug-likeness (QED) is 0.245. The van der Waals surface area contributed by atoms with E-state index in [0.717, 1.165) is 5.56 Å². The topological polar surface area (TPSA) is 74.5 Å². The van der Waals surface area contributed by atoms with Crippen molar-refractivity contribution in [2.75, 3.05) is 6.61 Å². The first-order chi connectivity index (χ1) is 15.0. The molecule has 2 aromatic heterocycles. The van der Waals surface area contributed by atoms with Crippen molar-refractivity contribution in [3.05, 3.63) is 70.2 Å². The van der Waals surface area contributed by atoms with E-state index in [1.165, 1.54) is 29.2 Å². The van der Waals surface area contributed by atoms with Gasteiger partial charge in [-0.15, -0.1) is 21.5 Å². The van der Waals surface area contributed by atoms with E-state index >= 15 is 0 Å². The maximum absolute atomic E-state index is 14.5. The van der Waals surface area contributed by atoms with Crippen LogP contribution >= 0.6 is 23.1 Å². The summed E-state index contributed by atoms with van der Waals surface area (Å²) in [7, 11) is 0. The fourth-order valence-electron chi connectivity index (χ4n) is 3.01. The number of fused-ring (bicyclic) bond motifs is 1. The number of hydrogen-bond acceptors (Lipinski definition) is 8. The smallest absolute Gasteiger partial charge is 0.348 e. The van der Waals surface area contributed by atoms with Crippen molar-refractivity contribution in [1.82, 2.24) is 10.2 Å². The van der Waals surface area contributed by atoms with E-state index in [4.69, 9.17) is 13.9 Å². The third kappa shape index (κ3) is 4.88. The Bertz CT molecular complexity index is 1220. The van der Waals surface area contributed by atoms with Gasteiger partial charge in [0, 0.05) is 15.8 Å². The summed E-state index contributed by atoms with van der Waals surface area (Å²) in [6.45, 7) is 4.10. The lowest BCUT2D eigenvalue weighted by molar-refractivity contribution is 0.0531. The molecule has 0 aliphatic carbocycles. The maximum Gasteiger partial charge on any atom is 0.348 e. The lowest BCUT2D eigenvalue weighted by atomic mass is 10.1. The SMILES string of the molecule is CCOC(=O)c1sc2cccc(F)c2c1CSc1nnc(COc2cccc(C)c2)o1. The van der Waals surface area contributed by atoms with Crippen molar-refractivity contribution >= 4 is 39.2 Å². The molecule has 0 fully saturated rings. The normalized spacial score (nSPS) is 11.1. The molecule has 2 aromatic carbocycles. The molecule has 0 saturated heterocycles. The van der Waals surface area contributed by atoms with Crippen LogP contribution in [0.5, 0.6) is 5.75 Å². The Kier molecular flexibility index (Phi) is 6.53. The monoisotopic (exact) mass is 458 g/mol. The Morgan fingerprint density at radius 2 is 2.06 bits per heavy atom. The highest BCUT2D eigenvalue weighted by atomic mass is 32.2. The van der Waals surface area contributed by atoms with Crippen molar-refractivity contribution in [1.29, 1.82) is 0 Å². The number of aromatic nitrogens is 2. The second-order valence-corrected chi connectivity index (χ2v) is 8.58. The van der Waals surface area contributed by atoms with E-state index in [0.29, 0.717) is 37.4 Å². The minimum atomic E-state index is -0.462. The summed E-state index contributed by atoms with van der Waals surface area (Å²) in [5, 5.41) is 8.75. The number of rotatable bonds is 8. The number of thiophene rings is 1. The van der Waals surface area contributed by atoms with E-state index in [2.05, 4.69) is 10.2 Å². The first-order valence-corrected chi connectivity index (χ1v) is 11.4. The largest absolute Gasteiger partial charge is 0.484 e. The Morgan fingerprint density at radius 3 is 2.87 bits per heavy atom. The molecule has 0 aliphatic heterocycles. The van der Waals surface area contributed by atoms with Gasteiger partial charge in [0.1, 0.15) is 16.4 Å². The van der Waals surface area contributed by atoms with Crippen LogP contribution in [0.25, 0.3) is 10.1 Å². The van der Waals surface area contributed by atoms with Crippen LogP contribution in [0, 0.1) is 12.7 Å². The Balaban J connectivity index is 1.49. The molecule has 0 aliphatic rings. The number of aryl methyl sites for hydroxylation is 1. The average Bonchev–Trinajstić information content (AvgIpc) is 3.36. The van der Waals surface area contributed by atoms with Crippen molar-refractivity contribution in [3.8, 4) is 5.75 Å². The van der Waals surface area contributed by atoms with Crippen molar-refractivity contribution in [2.24, 2.45) is 0 Å². The van der Waals surface area contributed by atoms with Gasteiger partial charge in [0.15, 0.2) is 6.61 Å². The van der Waals surface area contributed by atoms with Crippen LogP contribution in [0.15, 0.2) is 52.1 Å². The highest BCUT2D eigenvalue weighted by molar-refractivity contribution is 7.98. The lowest BCUT2D eigenvalue weighted by Gasteiger charge is -2.04. The third-order valence-corrected chi connectivity index (χ3v) is 6.39. The molecule has 0 saturated carbocycles. The number of carbonyl (C=O) groups excluding carboxylic acids is 1. The molecule has 0 amide bonds. The summed E-state index contributed by atoms with van der Waals surface area (Å²) in [5.74, 6) is 0.493. The van der Waals surface area contributed by atoms with E-state index in [9.17, 15) is 9.18 Å². The summed E-state index contributed by atoms with van der Waals surface area (Å²) in [6, 6.07) is 12.4. The van der Waals surface area contributed by atoms with E-state index in [1.807, 2.05) is 31.2 Å². The van der Waals surface area contributed by atoms with Crippen LogP contribution < -0.4 is 4.74 Å². The number of hydrogen-bond donors (Lipinski definition) is 0. The molecule has 160 valence electrons. The van der Waals surface area contributed by atoms with Gasteiger partial charge in [-0.1, -0.05) is 30.0 Å². The summed E-state index contributed by atoms with van der Waals surface area (Å²) in [6.07, 6.45) is 0. The number of halogens is 1. The predicted molar refractivity (Wildman–Crippen MR) is 117 cm³/mol. The number of thioether (sulfide) groups is 1. The molecule has 0 bridgehead atoms. The van der Waals surface area contributed by atoms with Crippen LogP contribution in [-0.2, 0) is 17.1 Å². The highest BCUT2D eigenvalue weighted by Gasteiger charge is 2.22. The molecule has 0 spiro atoms. The molecule has 4 rings (SSSR count). The fraction of sp³-hybridized carbons (Fsp3) is 0.227. The van der Waals surface area contributed by atoms with E-state index < -0.39 is 5.97 Å².